The van der Waals surface area contributed by atoms with Crippen LogP contribution < -0.4 is 4.72 Å². The van der Waals surface area contributed by atoms with Crippen LogP contribution >= 0.6 is 0 Å². The Kier molecular flexibility index (Phi) is 5.42. The third kappa shape index (κ3) is 4.28. The molecule has 0 spiro atoms. The second-order valence-corrected chi connectivity index (χ2v) is 5.78. The maximum atomic E-state index is 13.3. The first-order valence-electron chi connectivity index (χ1n) is 5.68. The van der Waals surface area contributed by atoms with Crippen LogP contribution in [0.2, 0.25) is 0 Å². The first-order valence-corrected chi connectivity index (χ1v) is 7.16. The second kappa shape index (κ2) is 6.61. The molecule has 0 aliphatic heterocycles. The lowest BCUT2D eigenvalue weighted by molar-refractivity contribution is 0.0834. The van der Waals surface area contributed by atoms with Crippen molar-refractivity contribution in [1.82, 2.24) is 4.72 Å². The first kappa shape index (κ1) is 15.6. The molecule has 0 saturated carbocycles. The van der Waals surface area contributed by atoms with Crippen LogP contribution in [-0.2, 0) is 14.8 Å². The van der Waals surface area contributed by atoms with E-state index in [9.17, 15) is 12.8 Å². The van der Waals surface area contributed by atoms with Crippen molar-refractivity contribution < 1.29 is 17.5 Å². The minimum atomic E-state index is -3.92. The molecule has 0 unspecified atom stereocenters. The van der Waals surface area contributed by atoms with Crippen LogP contribution in [-0.4, -0.2) is 27.7 Å². The van der Waals surface area contributed by atoms with Gasteiger partial charge in [-0.1, -0.05) is 6.07 Å². The Morgan fingerprint density at radius 3 is 2.74 bits per heavy atom. The van der Waals surface area contributed by atoms with Gasteiger partial charge in [0.1, 0.15) is 22.3 Å². The van der Waals surface area contributed by atoms with Crippen LogP contribution in [0, 0.1) is 17.1 Å². The van der Waals surface area contributed by atoms with Crippen molar-refractivity contribution in [2.24, 2.45) is 0 Å². The van der Waals surface area contributed by atoms with Gasteiger partial charge in [0, 0.05) is 6.54 Å². The van der Waals surface area contributed by atoms with E-state index in [1.165, 1.54) is 12.1 Å². The molecule has 1 rings (SSSR count). The van der Waals surface area contributed by atoms with E-state index in [1.807, 2.05) is 13.8 Å². The highest BCUT2D eigenvalue weighted by molar-refractivity contribution is 7.89. The number of ether oxygens (including phenoxy) is 1. The van der Waals surface area contributed by atoms with Crippen LogP contribution in [0.25, 0.3) is 0 Å². The number of nitriles is 1. The summed E-state index contributed by atoms with van der Waals surface area (Å²) in [5.74, 6) is -0.858. The molecule has 0 atom stereocenters. The molecule has 1 aromatic rings. The van der Waals surface area contributed by atoms with Gasteiger partial charge in [0.25, 0.3) is 0 Å². The molecule has 1 aromatic carbocycles. The Hall–Kier alpha value is -1.49. The van der Waals surface area contributed by atoms with Gasteiger partial charge in [0.15, 0.2) is 0 Å². The molecule has 0 amide bonds. The lowest BCUT2D eigenvalue weighted by atomic mass is 10.2. The molecule has 0 radical (unpaired) electrons. The Labute approximate surface area is 112 Å². The summed E-state index contributed by atoms with van der Waals surface area (Å²) in [6.45, 7) is 3.92. The zero-order chi connectivity index (χ0) is 14.5. The fourth-order valence-electron chi connectivity index (χ4n) is 1.39. The summed E-state index contributed by atoms with van der Waals surface area (Å²) in [7, 11) is -3.92. The number of nitrogens with zero attached hydrogens (tertiary/aromatic N) is 1. The van der Waals surface area contributed by atoms with Crippen molar-refractivity contribution in [2.45, 2.75) is 24.8 Å². The molecule has 0 bridgehead atoms. The van der Waals surface area contributed by atoms with Crippen molar-refractivity contribution in [3.05, 3.63) is 29.6 Å². The van der Waals surface area contributed by atoms with Gasteiger partial charge in [-0.2, -0.15) is 5.26 Å². The summed E-state index contributed by atoms with van der Waals surface area (Å²) >= 11 is 0. The maximum absolute atomic E-state index is 13.3. The predicted molar refractivity (Wildman–Crippen MR) is 67.4 cm³/mol. The highest BCUT2D eigenvalue weighted by Gasteiger charge is 2.20. The molecule has 104 valence electrons. The molecule has 5 nitrogen and oxygen atoms in total. The summed E-state index contributed by atoms with van der Waals surface area (Å²) in [6, 6.07) is 5.03. The summed E-state index contributed by atoms with van der Waals surface area (Å²) in [5.41, 5.74) is -0.486. The van der Waals surface area contributed by atoms with Crippen molar-refractivity contribution in [3.8, 4) is 6.07 Å². The van der Waals surface area contributed by atoms with Gasteiger partial charge < -0.3 is 4.74 Å². The standard InChI is InChI=1S/C12H15FN2O3S/c1-9(2)18-7-6-15-19(16,17)12-5-3-4-11(13)10(12)8-14/h3-5,9,15H,6-7H2,1-2H3. The van der Waals surface area contributed by atoms with Gasteiger partial charge >= 0.3 is 0 Å². The molecule has 1 N–H and O–H groups in total. The molecular formula is C12H15FN2O3S. The lowest BCUT2D eigenvalue weighted by Crippen LogP contribution is -2.29. The van der Waals surface area contributed by atoms with E-state index in [1.54, 1.807) is 6.07 Å². The molecule has 0 heterocycles. The van der Waals surface area contributed by atoms with Gasteiger partial charge in [-0.25, -0.2) is 17.5 Å². The number of benzene rings is 1. The number of sulfonamides is 1. The largest absolute Gasteiger partial charge is 0.377 e. The smallest absolute Gasteiger partial charge is 0.242 e. The fraction of sp³-hybridized carbons (Fsp3) is 0.417. The van der Waals surface area contributed by atoms with E-state index >= 15 is 0 Å². The molecule has 0 aromatic heterocycles. The number of nitrogens with one attached hydrogen (secondary N) is 1. The quantitative estimate of drug-likeness (QED) is 0.802. The lowest BCUT2D eigenvalue weighted by Gasteiger charge is -2.10. The van der Waals surface area contributed by atoms with Gasteiger partial charge in [-0.15, -0.1) is 0 Å². The minimum absolute atomic E-state index is 0.00616. The summed E-state index contributed by atoms with van der Waals surface area (Å²) in [4.78, 5) is -0.362. The van der Waals surface area contributed by atoms with Gasteiger partial charge in [-0.05, 0) is 26.0 Å². The van der Waals surface area contributed by atoms with Crippen molar-refractivity contribution in [3.63, 3.8) is 0 Å². The van der Waals surface area contributed by atoms with Crippen molar-refractivity contribution in [2.75, 3.05) is 13.2 Å². The normalized spacial score (nSPS) is 11.5. The molecule has 0 saturated heterocycles. The van der Waals surface area contributed by atoms with E-state index < -0.39 is 21.4 Å². The SMILES string of the molecule is CC(C)OCCNS(=O)(=O)c1cccc(F)c1C#N. The predicted octanol–water partition coefficient (Wildman–Crippen LogP) is 1.40. The summed E-state index contributed by atoms with van der Waals surface area (Å²) < 4.78 is 44.6. The number of halogens is 1. The molecule has 0 aliphatic carbocycles. The van der Waals surface area contributed by atoms with E-state index in [0.29, 0.717) is 0 Å². The Morgan fingerprint density at radius 1 is 1.47 bits per heavy atom. The Bertz CT molecular complexity index is 579. The number of hydrogen-bond donors (Lipinski definition) is 1. The maximum Gasteiger partial charge on any atom is 0.242 e. The van der Waals surface area contributed by atoms with Gasteiger partial charge in [0.2, 0.25) is 10.0 Å². The highest BCUT2D eigenvalue weighted by Crippen LogP contribution is 2.17. The third-order valence-corrected chi connectivity index (χ3v) is 3.73. The van der Waals surface area contributed by atoms with Crippen molar-refractivity contribution in [1.29, 1.82) is 5.26 Å². The van der Waals surface area contributed by atoms with Crippen LogP contribution in [0.3, 0.4) is 0 Å². The van der Waals surface area contributed by atoms with Crippen LogP contribution in [0.5, 0.6) is 0 Å². The summed E-state index contributed by atoms with van der Waals surface area (Å²) in [6.07, 6.45) is -0.00616. The minimum Gasteiger partial charge on any atom is -0.377 e. The van der Waals surface area contributed by atoms with Crippen LogP contribution in [0.15, 0.2) is 23.1 Å². The third-order valence-electron chi connectivity index (χ3n) is 2.22. The number of hydrogen-bond acceptors (Lipinski definition) is 4. The zero-order valence-corrected chi connectivity index (χ0v) is 11.5. The van der Waals surface area contributed by atoms with Crippen LogP contribution in [0.4, 0.5) is 4.39 Å². The van der Waals surface area contributed by atoms with E-state index in [-0.39, 0.29) is 24.2 Å². The fourth-order valence-corrected chi connectivity index (χ4v) is 2.56. The molecule has 0 aliphatic rings. The topological polar surface area (TPSA) is 79.2 Å². The Balaban J connectivity index is 2.84. The molecule has 0 fully saturated rings. The van der Waals surface area contributed by atoms with Crippen molar-refractivity contribution >= 4 is 10.0 Å². The van der Waals surface area contributed by atoms with Gasteiger partial charge in [-0.3, -0.25) is 0 Å². The average molecular weight is 286 g/mol. The average Bonchev–Trinajstić information content (AvgIpc) is 2.34. The molecular weight excluding hydrogens is 271 g/mol. The highest BCUT2D eigenvalue weighted by atomic mass is 32.2. The number of rotatable bonds is 6. The first-order chi connectivity index (χ1) is 8.88. The molecule has 7 heteroatoms. The van der Waals surface area contributed by atoms with E-state index in [0.717, 1.165) is 6.07 Å². The molecule has 19 heavy (non-hydrogen) atoms. The van der Waals surface area contributed by atoms with Gasteiger partial charge in [0.05, 0.1) is 12.7 Å². The Morgan fingerprint density at radius 2 is 2.16 bits per heavy atom. The van der Waals surface area contributed by atoms with E-state index in [2.05, 4.69) is 4.72 Å². The van der Waals surface area contributed by atoms with E-state index in [4.69, 9.17) is 10.00 Å². The second-order valence-electron chi connectivity index (χ2n) is 4.04. The van der Waals surface area contributed by atoms with Crippen LogP contribution in [0.1, 0.15) is 19.4 Å². The monoisotopic (exact) mass is 286 g/mol. The zero-order valence-electron chi connectivity index (χ0n) is 10.7. The summed E-state index contributed by atoms with van der Waals surface area (Å²) in [5, 5.41) is 8.80.